The van der Waals surface area contributed by atoms with Crippen LogP contribution in [0.5, 0.6) is 0 Å². The van der Waals surface area contributed by atoms with Crippen molar-refractivity contribution in [1.29, 1.82) is 0 Å². The summed E-state index contributed by atoms with van der Waals surface area (Å²) in [6.07, 6.45) is 0. The highest BCUT2D eigenvalue weighted by atomic mass is 32.1. The molecule has 0 aliphatic heterocycles. The molecule has 18 aromatic carbocycles. The van der Waals surface area contributed by atoms with Gasteiger partial charge in [0.15, 0.2) is 34.9 Å². The number of hydrogen-bond acceptors (Lipinski definition) is 10. The molecule has 0 N–H and O–H groups in total. The lowest BCUT2D eigenvalue weighted by Gasteiger charge is -2.25. The third-order valence-electron chi connectivity index (χ3n) is 24.0. The highest BCUT2D eigenvalue weighted by Crippen LogP contribution is 2.54. The van der Waals surface area contributed by atoms with Gasteiger partial charge in [-0.15, -0.1) is 11.3 Å². The van der Waals surface area contributed by atoms with Crippen LogP contribution in [0.25, 0.3) is 171 Å². The molecular formula is C115H75N9OS. The predicted molar refractivity (Wildman–Crippen MR) is 520 cm³/mol. The van der Waals surface area contributed by atoms with Crippen LogP contribution >= 0.6 is 11.3 Å². The standard InChI is InChI=1S/C58H38N4S.C57H37N5O/c1-5-17-39(18-6-1)56-59-57(40-19-7-2-8-20-40)61-58(60-56)51-30-16-28-49-48-27-15-29-50(54(48)63-55(49)51)53-46-26-14-13-25-45(46)52-37-41(33-36-47(52)53)38-31-34-44(35-32-38)62(42-21-9-3-10-22-42)43-23-11-4-12-24-43;1-5-15-39(16-6-1)55-58-56(40-17-7-2-8-18-40)60-57(59-55)42-28-33-53-49(36-42)50-37-46(31-34-54(50)63-53)62-51-24-14-13-23-47(51)48-35-41(27-32-52(48)62)38-25-29-45(30-26-38)61(43-19-9-3-10-20-43)44-21-11-4-12-22-44/h1-37,53H;1-37H. The molecule has 0 bridgehead atoms. The van der Waals surface area contributed by atoms with E-state index in [4.69, 9.17) is 34.3 Å². The number of anilines is 6. The summed E-state index contributed by atoms with van der Waals surface area (Å²) in [4.78, 5) is 34.7. The first-order chi connectivity index (χ1) is 62.5. The van der Waals surface area contributed by atoms with E-state index in [-0.39, 0.29) is 5.92 Å². The Labute approximate surface area is 731 Å². The first-order valence-corrected chi connectivity index (χ1v) is 43.2. The average molecular weight is 1630 g/mol. The molecule has 1 unspecified atom stereocenters. The van der Waals surface area contributed by atoms with Gasteiger partial charge in [0.1, 0.15) is 11.2 Å². The second kappa shape index (κ2) is 32.1. The lowest BCUT2D eigenvalue weighted by molar-refractivity contribution is 0.669. The zero-order valence-electron chi connectivity index (χ0n) is 68.1. The predicted octanol–water partition coefficient (Wildman–Crippen LogP) is 30.5. The van der Waals surface area contributed by atoms with Gasteiger partial charge in [-0.25, -0.2) is 29.9 Å². The van der Waals surface area contributed by atoms with Crippen molar-refractivity contribution in [3.63, 3.8) is 0 Å². The number of benzene rings is 18. The molecule has 0 saturated carbocycles. The largest absolute Gasteiger partial charge is 0.456 e. The van der Waals surface area contributed by atoms with Crippen molar-refractivity contribution in [2.45, 2.75) is 5.92 Å². The molecule has 0 radical (unpaired) electrons. The first kappa shape index (κ1) is 74.5. The number of furan rings is 1. The van der Waals surface area contributed by atoms with Gasteiger partial charge in [-0.2, -0.15) is 0 Å². The monoisotopic (exact) mass is 1630 g/mol. The lowest BCUT2D eigenvalue weighted by Crippen LogP contribution is -2.09. The fraction of sp³-hybridized carbons (Fsp3) is 0.00870. The molecule has 0 amide bonds. The highest BCUT2D eigenvalue weighted by Gasteiger charge is 2.33. The van der Waals surface area contributed by atoms with E-state index in [0.29, 0.717) is 34.9 Å². The van der Waals surface area contributed by atoms with E-state index in [1.807, 2.05) is 121 Å². The summed E-state index contributed by atoms with van der Waals surface area (Å²) < 4.78 is 11.3. The Bertz CT molecular complexity index is 7800. The van der Waals surface area contributed by atoms with Crippen LogP contribution in [-0.2, 0) is 0 Å². The second-order valence-electron chi connectivity index (χ2n) is 31.6. The van der Waals surface area contributed by atoms with Crippen LogP contribution < -0.4 is 9.80 Å². The van der Waals surface area contributed by atoms with Gasteiger partial charge in [-0.1, -0.05) is 309 Å². The molecule has 126 heavy (non-hydrogen) atoms. The van der Waals surface area contributed by atoms with Crippen LogP contribution in [0.4, 0.5) is 34.1 Å². The van der Waals surface area contributed by atoms with Gasteiger partial charge in [0.2, 0.25) is 0 Å². The number of nitrogens with zero attached hydrogens (tertiary/aromatic N) is 9. The van der Waals surface area contributed by atoms with E-state index >= 15 is 0 Å². The minimum absolute atomic E-state index is 0.0877. The molecule has 5 heterocycles. The number of hydrogen-bond donors (Lipinski definition) is 0. The summed E-state index contributed by atoms with van der Waals surface area (Å²) in [5.74, 6) is 3.94. The van der Waals surface area contributed by atoms with Crippen molar-refractivity contribution in [2.75, 3.05) is 9.80 Å². The molecule has 1 aliphatic carbocycles. The van der Waals surface area contributed by atoms with Gasteiger partial charge in [0.05, 0.1) is 11.0 Å². The summed E-state index contributed by atoms with van der Waals surface area (Å²) in [5, 5.41) is 6.87. The normalized spacial score (nSPS) is 12.2. The van der Waals surface area contributed by atoms with Crippen LogP contribution in [0.15, 0.2) is 453 Å². The van der Waals surface area contributed by atoms with Gasteiger partial charge >= 0.3 is 0 Å². The Morgan fingerprint density at radius 1 is 0.214 bits per heavy atom. The molecule has 0 spiro atoms. The Morgan fingerprint density at radius 2 is 0.571 bits per heavy atom. The summed E-state index contributed by atoms with van der Waals surface area (Å²) in [6, 6.07) is 158. The third kappa shape index (κ3) is 13.7. The van der Waals surface area contributed by atoms with E-state index in [2.05, 4.69) is 354 Å². The molecule has 1 atom stereocenters. The van der Waals surface area contributed by atoms with Crippen molar-refractivity contribution in [3.8, 4) is 107 Å². The fourth-order valence-corrected chi connectivity index (χ4v) is 19.5. The zero-order valence-corrected chi connectivity index (χ0v) is 69.0. The summed E-state index contributed by atoms with van der Waals surface area (Å²) in [6.45, 7) is 0. The van der Waals surface area contributed by atoms with Crippen LogP contribution in [0.3, 0.4) is 0 Å². The Kier molecular flexibility index (Phi) is 19.0. The minimum atomic E-state index is 0.0877. The minimum Gasteiger partial charge on any atom is -0.456 e. The Morgan fingerprint density at radius 3 is 1.10 bits per heavy atom. The van der Waals surface area contributed by atoms with Crippen LogP contribution in [0, 0.1) is 0 Å². The molecule has 0 saturated heterocycles. The van der Waals surface area contributed by atoms with Gasteiger partial charge in [0.25, 0.3) is 0 Å². The lowest BCUT2D eigenvalue weighted by atomic mass is 9.88. The van der Waals surface area contributed by atoms with Gasteiger partial charge in [-0.3, -0.25) is 0 Å². The van der Waals surface area contributed by atoms with Gasteiger partial charge in [-0.05, 0) is 190 Å². The number of para-hydroxylation sites is 5. The SMILES string of the molecule is c1ccc(-c2nc(-c3ccccc3)nc(-c3ccc4oc5ccc(-n6c7ccccc7c7cc(-c8ccc(N(c9ccccc9)c9ccccc9)cc8)ccc76)cc5c4c3)n2)cc1.c1ccc(-c2nc(-c3ccccc3)nc(-c3cccc4c3sc3c(C5c6ccccc6-c6cc(-c7ccc(N(c8ccccc8)c8ccccc8)cc7)ccc65)cccc34)n2)cc1. The fourth-order valence-electron chi connectivity index (χ4n) is 18.1. The molecule has 11 heteroatoms. The molecular weight excluding hydrogens is 1560 g/mol. The Hall–Kier alpha value is -16.6. The number of thiophene rings is 1. The average Bonchev–Trinajstić information content (AvgIpc) is 1.61. The van der Waals surface area contributed by atoms with Crippen molar-refractivity contribution < 1.29 is 4.42 Å². The second-order valence-corrected chi connectivity index (χ2v) is 32.6. The Balaban J connectivity index is 0.000000145. The molecule has 592 valence electrons. The molecule has 10 nitrogen and oxygen atoms in total. The summed E-state index contributed by atoms with van der Waals surface area (Å²) in [5.41, 5.74) is 28.6. The molecule has 1 aliphatic rings. The van der Waals surface area contributed by atoms with E-state index < -0.39 is 0 Å². The topological polar surface area (TPSA) is 102 Å². The highest BCUT2D eigenvalue weighted by molar-refractivity contribution is 7.26. The van der Waals surface area contributed by atoms with Crippen molar-refractivity contribution in [2.24, 2.45) is 0 Å². The maximum Gasteiger partial charge on any atom is 0.165 e. The number of fused-ring (bicyclic) bond motifs is 12. The van der Waals surface area contributed by atoms with Gasteiger partial charge < -0.3 is 18.8 Å². The number of rotatable bonds is 16. The van der Waals surface area contributed by atoms with Crippen LogP contribution in [-0.4, -0.2) is 34.5 Å². The molecule has 24 rings (SSSR count). The summed E-state index contributed by atoms with van der Waals surface area (Å²) in [7, 11) is 0. The first-order valence-electron chi connectivity index (χ1n) is 42.4. The number of aromatic nitrogens is 7. The van der Waals surface area contributed by atoms with E-state index in [9.17, 15) is 0 Å². The van der Waals surface area contributed by atoms with E-state index in [0.717, 1.165) is 117 Å². The smallest absolute Gasteiger partial charge is 0.165 e. The maximum atomic E-state index is 6.45. The molecule has 0 fully saturated rings. The van der Waals surface area contributed by atoms with Crippen LogP contribution in [0.2, 0.25) is 0 Å². The maximum absolute atomic E-state index is 6.45. The van der Waals surface area contributed by atoms with E-state index in [1.165, 1.54) is 69.9 Å². The van der Waals surface area contributed by atoms with Crippen molar-refractivity contribution in [1.82, 2.24) is 34.5 Å². The van der Waals surface area contributed by atoms with Crippen LogP contribution in [0.1, 0.15) is 22.6 Å². The van der Waals surface area contributed by atoms with Crippen molar-refractivity contribution >= 4 is 109 Å². The van der Waals surface area contributed by atoms with E-state index in [1.54, 1.807) is 0 Å². The van der Waals surface area contributed by atoms with Gasteiger partial charge in [0, 0.05) is 121 Å². The third-order valence-corrected chi connectivity index (χ3v) is 25.4. The quantitative estimate of drug-likeness (QED) is 0.0936. The zero-order chi connectivity index (χ0) is 83.4. The van der Waals surface area contributed by atoms with Crippen molar-refractivity contribution in [3.05, 3.63) is 466 Å². The summed E-state index contributed by atoms with van der Waals surface area (Å²) >= 11 is 1.85. The molecule has 5 aromatic heterocycles. The molecule has 23 aromatic rings.